The van der Waals surface area contributed by atoms with Crippen molar-refractivity contribution in [3.63, 3.8) is 0 Å². The van der Waals surface area contributed by atoms with Crippen molar-refractivity contribution in [2.75, 3.05) is 0 Å². The van der Waals surface area contributed by atoms with Crippen LogP contribution in [0.5, 0.6) is 0 Å². The number of Topliss-reactive ketones (excluding diaryl/α,β-unsaturated/α-hetero) is 1. The van der Waals surface area contributed by atoms with E-state index in [-0.39, 0.29) is 16.7 Å². The van der Waals surface area contributed by atoms with Crippen LogP contribution in [-0.2, 0) is 11.3 Å². The molecule has 2 bridgehead atoms. The van der Waals surface area contributed by atoms with Gasteiger partial charge in [-0.25, -0.2) is 0 Å². The largest absolute Gasteiger partial charge is 0.325 e. The molecule has 19 heavy (non-hydrogen) atoms. The zero-order valence-corrected chi connectivity index (χ0v) is 11.9. The summed E-state index contributed by atoms with van der Waals surface area (Å²) in [6, 6.07) is 5.88. The number of rotatable bonds is 2. The van der Waals surface area contributed by atoms with E-state index in [0.29, 0.717) is 18.2 Å². The third-order valence-corrected chi connectivity index (χ3v) is 5.89. The number of nitrogens with two attached hydrogens (primary N) is 1. The van der Waals surface area contributed by atoms with Gasteiger partial charge in [-0.15, -0.1) is 0 Å². The van der Waals surface area contributed by atoms with Crippen molar-refractivity contribution in [2.45, 2.75) is 46.1 Å². The smallest absolute Gasteiger partial charge is 0.148 e. The van der Waals surface area contributed by atoms with Gasteiger partial charge in [-0.1, -0.05) is 26.8 Å². The van der Waals surface area contributed by atoms with Crippen molar-refractivity contribution < 1.29 is 4.79 Å². The van der Waals surface area contributed by atoms with Crippen LogP contribution in [0.1, 0.15) is 50.9 Å². The number of pyridine rings is 1. The van der Waals surface area contributed by atoms with E-state index in [1.54, 1.807) is 0 Å². The molecule has 3 rings (SSSR count). The highest BCUT2D eigenvalue weighted by Crippen LogP contribution is 2.67. The van der Waals surface area contributed by atoms with Gasteiger partial charge in [0.25, 0.3) is 0 Å². The summed E-state index contributed by atoms with van der Waals surface area (Å²) in [4.78, 5) is 17.4. The lowest BCUT2D eigenvalue weighted by molar-refractivity contribution is -0.129. The number of carbonyl (C=O) groups is 1. The Balaban J connectivity index is 2.05. The molecule has 2 fully saturated rings. The Morgan fingerprint density at radius 2 is 2.11 bits per heavy atom. The Morgan fingerprint density at radius 3 is 2.68 bits per heavy atom. The summed E-state index contributed by atoms with van der Waals surface area (Å²) in [7, 11) is 0. The van der Waals surface area contributed by atoms with Gasteiger partial charge in [0.05, 0.1) is 17.3 Å². The highest BCUT2D eigenvalue weighted by Gasteiger charge is 2.66. The molecule has 0 saturated heterocycles. The Bertz CT molecular complexity index is 537. The molecule has 3 nitrogen and oxygen atoms in total. The van der Waals surface area contributed by atoms with E-state index in [9.17, 15) is 4.79 Å². The van der Waals surface area contributed by atoms with Crippen molar-refractivity contribution in [2.24, 2.45) is 22.5 Å². The molecule has 1 heterocycles. The molecular weight excluding hydrogens is 236 g/mol. The second kappa shape index (κ2) is 3.89. The van der Waals surface area contributed by atoms with Crippen LogP contribution in [0.4, 0.5) is 0 Å². The molecule has 0 radical (unpaired) electrons. The third-order valence-electron chi connectivity index (χ3n) is 5.89. The first-order chi connectivity index (χ1) is 8.91. The monoisotopic (exact) mass is 258 g/mol. The van der Waals surface area contributed by atoms with Crippen molar-refractivity contribution in [3.05, 3.63) is 29.6 Å². The molecular formula is C16H22N2O. The van der Waals surface area contributed by atoms with Gasteiger partial charge in [0.2, 0.25) is 0 Å². The predicted molar refractivity (Wildman–Crippen MR) is 74.5 cm³/mol. The molecule has 2 N–H and O–H groups in total. The first-order valence-electron chi connectivity index (χ1n) is 7.12. The molecule has 2 aliphatic carbocycles. The summed E-state index contributed by atoms with van der Waals surface area (Å²) >= 11 is 0. The van der Waals surface area contributed by atoms with E-state index >= 15 is 0 Å². The van der Waals surface area contributed by atoms with Crippen molar-refractivity contribution >= 4 is 5.78 Å². The number of ketones is 1. The molecule has 1 aromatic heterocycles. The minimum atomic E-state index is -0.178. The van der Waals surface area contributed by atoms with E-state index in [0.717, 1.165) is 24.2 Å². The van der Waals surface area contributed by atoms with Gasteiger partial charge in [-0.05, 0) is 36.3 Å². The van der Waals surface area contributed by atoms with Crippen molar-refractivity contribution in [3.8, 4) is 0 Å². The normalized spacial score (nSPS) is 35.9. The molecule has 0 aliphatic heterocycles. The standard InChI is InChI=1S/C16H22N2O/c1-15(2)11-7-8-16(15,3)14(19)13(11)12-6-4-5-10(9-17)18-12/h4-6,11,13H,7-9,17H2,1-3H3/t11?,13?,16-/m0/s1. The van der Waals surface area contributed by atoms with Gasteiger partial charge in [0.15, 0.2) is 0 Å². The fourth-order valence-corrected chi connectivity index (χ4v) is 4.21. The summed E-state index contributed by atoms with van der Waals surface area (Å²) in [5.41, 5.74) is 7.36. The minimum Gasteiger partial charge on any atom is -0.325 e. The molecule has 1 aromatic rings. The maximum Gasteiger partial charge on any atom is 0.148 e. The van der Waals surface area contributed by atoms with Crippen molar-refractivity contribution in [1.82, 2.24) is 4.98 Å². The minimum absolute atomic E-state index is 0.0275. The Labute approximate surface area is 114 Å². The lowest BCUT2D eigenvalue weighted by atomic mass is 9.70. The van der Waals surface area contributed by atoms with E-state index in [2.05, 4.69) is 25.8 Å². The molecule has 0 spiro atoms. The number of hydrogen-bond donors (Lipinski definition) is 1. The lowest BCUT2D eigenvalue weighted by Crippen LogP contribution is -2.33. The van der Waals surface area contributed by atoms with Crippen LogP contribution in [0.2, 0.25) is 0 Å². The van der Waals surface area contributed by atoms with Gasteiger partial charge >= 0.3 is 0 Å². The summed E-state index contributed by atoms with van der Waals surface area (Å²) in [6.45, 7) is 7.06. The van der Waals surface area contributed by atoms with Gasteiger partial charge in [-0.2, -0.15) is 0 Å². The summed E-state index contributed by atoms with van der Waals surface area (Å²) in [5, 5.41) is 0. The highest BCUT2D eigenvalue weighted by atomic mass is 16.1. The topological polar surface area (TPSA) is 56.0 Å². The SMILES string of the molecule is CC1(C)C2CC[C@@]1(C)C(=O)C2c1cccc(CN)n1. The average molecular weight is 258 g/mol. The first-order valence-corrected chi connectivity index (χ1v) is 7.12. The summed E-state index contributed by atoms with van der Waals surface area (Å²) in [5.74, 6) is 0.779. The van der Waals surface area contributed by atoms with Gasteiger partial charge < -0.3 is 5.73 Å². The van der Waals surface area contributed by atoms with E-state index in [1.807, 2.05) is 18.2 Å². The molecule has 0 aromatic carbocycles. The fraction of sp³-hybridized carbons (Fsp3) is 0.625. The summed E-state index contributed by atoms with van der Waals surface area (Å²) in [6.07, 6.45) is 2.16. The molecule has 102 valence electrons. The number of hydrogen-bond acceptors (Lipinski definition) is 3. The highest BCUT2D eigenvalue weighted by molar-refractivity contribution is 5.95. The number of aromatic nitrogens is 1. The van der Waals surface area contributed by atoms with Crippen LogP contribution >= 0.6 is 0 Å². The third kappa shape index (κ3) is 1.48. The fourth-order valence-electron chi connectivity index (χ4n) is 4.21. The van der Waals surface area contributed by atoms with Crippen molar-refractivity contribution in [1.29, 1.82) is 0 Å². The molecule has 3 heteroatoms. The number of nitrogens with zero attached hydrogens (tertiary/aromatic N) is 1. The second-order valence-corrected chi connectivity index (χ2v) is 6.80. The Kier molecular flexibility index (Phi) is 2.62. The van der Waals surface area contributed by atoms with Gasteiger partial charge in [0, 0.05) is 12.0 Å². The van der Waals surface area contributed by atoms with E-state index in [4.69, 9.17) is 5.73 Å². The zero-order chi connectivity index (χ0) is 13.8. The van der Waals surface area contributed by atoms with E-state index < -0.39 is 0 Å². The van der Waals surface area contributed by atoms with Crippen LogP contribution in [0.25, 0.3) is 0 Å². The van der Waals surface area contributed by atoms with Crippen LogP contribution in [-0.4, -0.2) is 10.8 Å². The maximum atomic E-state index is 12.8. The van der Waals surface area contributed by atoms with Gasteiger partial charge in [-0.3, -0.25) is 9.78 Å². The Morgan fingerprint density at radius 1 is 1.37 bits per heavy atom. The van der Waals surface area contributed by atoms with Crippen LogP contribution in [0.3, 0.4) is 0 Å². The average Bonchev–Trinajstić information content (AvgIpc) is 2.71. The predicted octanol–water partition coefficient (Wildman–Crippen LogP) is 2.65. The zero-order valence-electron chi connectivity index (χ0n) is 11.9. The second-order valence-electron chi connectivity index (χ2n) is 6.80. The maximum absolute atomic E-state index is 12.8. The molecule has 2 aliphatic rings. The molecule has 0 amide bonds. The summed E-state index contributed by atoms with van der Waals surface area (Å²) < 4.78 is 0. The van der Waals surface area contributed by atoms with Crippen LogP contribution < -0.4 is 5.73 Å². The van der Waals surface area contributed by atoms with Crippen LogP contribution in [0.15, 0.2) is 18.2 Å². The number of carbonyl (C=O) groups excluding carboxylic acids is 1. The van der Waals surface area contributed by atoms with Crippen LogP contribution in [0, 0.1) is 16.7 Å². The van der Waals surface area contributed by atoms with Gasteiger partial charge in [0.1, 0.15) is 5.78 Å². The molecule has 3 atom stereocenters. The molecule has 2 saturated carbocycles. The lowest BCUT2D eigenvalue weighted by Gasteiger charge is -2.32. The first kappa shape index (κ1) is 12.8. The Hall–Kier alpha value is -1.22. The quantitative estimate of drug-likeness (QED) is 0.887. The van der Waals surface area contributed by atoms with E-state index in [1.165, 1.54) is 0 Å². The number of fused-ring (bicyclic) bond motifs is 2. The molecule has 2 unspecified atom stereocenters.